The van der Waals surface area contributed by atoms with E-state index in [1.165, 1.54) is 11.4 Å². The smallest absolute Gasteiger partial charge is 0.218 e. The Balaban J connectivity index is 2.12. The molecule has 3 N–H and O–H groups in total. The van der Waals surface area contributed by atoms with Crippen LogP contribution in [-0.4, -0.2) is 24.9 Å². The lowest BCUT2D eigenvalue weighted by molar-refractivity contribution is 0.457. The lowest BCUT2D eigenvalue weighted by atomic mass is 10.2. The lowest BCUT2D eigenvalue weighted by Crippen LogP contribution is -2.27. The highest BCUT2D eigenvalue weighted by molar-refractivity contribution is 7.88. The maximum absolute atomic E-state index is 12.3. The zero-order valence-corrected chi connectivity index (χ0v) is 12.5. The Morgan fingerprint density at radius 2 is 1.76 bits per heavy atom. The van der Waals surface area contributed by atoms with Crippen molar-refractivity contribution in [1.29, 1.82) is 0 Å². The Hall–Kier alpha value is -2.05. The molecule has 0 unspecified atom stereocenters. The van der Waals surface area contributed by atoms with Crippen LogP contribution in [0.2, 0.25) is 0 Å². The molecule has 2 aromatic rings. The molecule has 0 atom stereocenters. The van der Waals surface area contributed by atoms with Crippen LogP contribution in [0.4, 0.5) is 5.69 Å². The van der Waals surface area contributed by atoms with Crippen LogP contribution in [0, 0.1) is 0 Å². The molecule has 0 bridgehead atoms. The van der Waals surface area contributed by atoms with Crippen LogP contribution in [-0.2, 0) is 22.3 Å². The normalized spacial score (nSPS) is 11.7. The number of anilines is 1. The first-order chi connectivity index (χ1) is 9.87. The van der Waals surface area contributed by atoms with Crippen molar-refractivity contribution in [2.24, 2.45) is 0 Å². The minimum absolute atomic E-state index is 0.104. The van der Waals surface area contributed by atoms with Gasteiger partial charge in [-0.1, -0.05) is 24.3 Å². The van der Waals surface area contributed by atoms with Crippen LogP contribution in [0.25, 0.3) is 0 Å². The molecule has 0 heterocycles. The Bertz CT molecular complexity index is 729. The lowest BCUT2D eigenvalue weighted by Gasteiger charge is -2.17. The van der Waals surface area contributed by atoms with Gasteiger partial charge in [0, 0.05) is 19.3 Å². The highest BCUT2D eigenvalue weighted by Crippen LogP contribution is 2.17. The Labute approximate surface area is 124 Å². The molecule has 0 radical (unpaired) electrons. The van der Waals surface area contributed by atoms with Crippen molar-refractivity contribution < 1.29 is 13.5 Å². The van der Waals surface area contributed by atoms with Crippen molar-refractivity contribution in [2.75, 3.05) is 12.8 Å². The van der Waals surface area contributed by atoms with E-state index in [0.29, 0.717) is 11.3 Å². The van der Waals surface area contributed by atoms with Crippen molar-refractivity contribution in [3.63, 3.8) is 0 Å². The summed E-state index contributed by atoms with van der Waals surface area (Å²) in [5.41, 5.74) is 7.58. The molecule has 0 aliphatic carbocycles. The number of rotatable bonds is 5. The summed E-state index contributed by atoms with van der Waals surface area (Å²) in [6, 6.07) is 13.4. The first-order valence-corrected chi connectivity index (χ1v) is 8.04. The van der Waals surface area contributed by atoms with Crippen LogP contribution in [0.3, 0.4) is 0 Å². The van der Waals surface area contributed by atoms with Crippen LogP contribution >= 0.6 is 0 Å². The maximum Gasteiger partial charge on any atom is 0.218 e. The van der Waals surface area contributed by atoms with Gasteiger partial charge in [-0.2, -0.15) is 0 Å². The average molecular weight is 306 g/mol. The molecular formula is C15H18N2O3S. The topological polar surface area (TPSA) is 83.6 Å². The molecule has 2 rings (SSSR count). The van der Waals surface area contributed by atoms with E-state index in [9.17, 15) is 13.5 Å². The summed E-state index contributed by atoms with van der Waals surface area (Å²) in [6.45, 7) is 0.207. The first-order valence-electron chi connectivity index (χ1n) is 6.43. The number of nitrogens with two attached hydrogens (primary N) is 1. The number of aromatic hydroxyl groups is 1. The number of phenols is 1. The van der Waals surface area contributed by atoms with Gasteiger partial charge >= 0.3 is 0 Å². The Morgan fingerprint density at radius 3 is 2.43 bits per heavy atom. The molecular weight excluding hydrogens is 288 g/mol. The fourth-order valence-corrected chi connectivity index (χ4v) is 3.18. The largest absolute Gasteiger partial charge is 0.508 e. The maximum atomic E-state index is 12.3. The van der Waals surface area contributed by atoms with Gasteiger partial charge in [-0.05, 0) is 35.4 Å². The van der Waals surface area contributed by atoms with Gasteiger partial charge in [0.15, 0.2) is 0 Å². The molecule has 21 heavy (non-hydrogen) atoms. The van der Waals surface area contributed by atoms with E-state index in [0.717, 1.165) is 5.56 Å². The van der Waals surface area contributed by atoms with E-state index in [1.54, 1.807) is 48.5 Å². The summed E-state index contributed by atoms with van der Waals surface area (Å²) in [5, 5.41) is 9.41. The number of hydrogen-bond acceptors (Lipinski definition) is 4. The SMILES string of the molecule is CN(Cc1cccc(O)c1)S(=O)(=O)Cc1cccc(N)c1. The summed E-state index contributed by atoms with van der Waals surface area (Å²) >= 11 is 0. The number of nitrogen functional groups attached to an aromatic ring is 1. The van der Waals surface area contributed by atoms with E-state index < -0.39 is 10.0 Å². The van der Waals surface area contributed by atoms with Gasteiger partial charge in [0.05, 0.1) is 5.75 Å². The quantitative estimate of drug-likeness (QED) is 0.827. The highest BCUT2D eigenvalue weighted by Gasteiger charge is 2.19. The molecule has 0 spiro atoms. The monoisotopic (exact) mass is 306 g/mol. The second-order valence-electron chi connectivity index (χ2n) is 4.93. The molecule has 0 amide bonds. The summed E-state index contributed by atoms with van der Waals surface area (Å²) in [7, 11) is -1.93. The van der Waals surface area contributed by atoms with E-state index in [-0.39, 0.29) is 18.0 Å². The summed E-state index contributed by atoms with van der Waals surface area (Å²) < 4.78 is 25.9. The third kappa shape index (κ3) is 4.21. The van der Waals surface area contributed by atoms with Crippen LogP contribution < -0.4 is 5.73 Å². The first kappa shape index (κ1) is 15.3. The van der Waals surface area contributed by atoms with Crippen molar-refractivity contribution >= 4 is 15.7 Å². The van der Waals surface area contributed by atoms with Gasteiger partial charge in [-0.25, -0.2) is 12.7 Å². The number of sulfonamides is 1. The minimum atomic E-state index is -3.44. The second kappa shape index (κ2) is 6.15. The van der Waals surface area contributed by atoms with E-state index in [4.69, 9.17) is 5.73 Å². The molecule has 0 aromatic heterocycles. The van der Waals surface area contributed by atoms with Gasteiger partial charge in [0.25, 0.3) is 0 Å². The predicted molar refractivity (Wildman–Crippen MR) is 83.1 cm³/mol. The number of benzene rings is 2. The molecule has 0 saturated heterocycles. The standard InChI is InChI=1S/C15H18N2O3S/c1-17(10-12-4-3-7-15(18)9-12)21(19,20)11-13-5-2-6-14(16)8-13/h2-9,18H,10-11,16H2,1H3. The third-order valence-corrected chi connectivity index (χ3v) is 4.87. The summed E-state index contributed by atoms with van der Waals surface area (Å²) in [6.07, 6.45) is 0. The molecule has 2 aromatic carbocycles. The van der Waals surface area contributed by atoms with Crippen LogP contribution in [0.5, 0.6) is 5.75 Å². The van der Waals surface area contributed by atoms with Crippen molar-refractivity contribution in [3.8, 4) is 5.75 Å². The zero-order valence-electron chi connectivity index (χ0n) is 11.7. The van der Waals surface area contributed by atoms with Gasteiger partial charge in [0.1, 0.15) is 5.75 Å². The summed E-state index contributed by atoms with van der Waals surface area (Å²) in [4.78, 5) is 0. The number of nitrogens with zero attached hydrogens (tertiary/aromatic N) is 1. The number of hydrogen-bond donors (Lipinski definition) is 2. The Morgan fingerprint density at radius 1 is 1.10 bits per heavy atom. The zero-order chi connectivity index (χ0) is 15.5. The predicted octanol–water partition coefficient (Wildman–Crippen LogP) is 1.94. The van der Waals surface area contributed by atoms with Crippen molar-refractivity contribution in [3.05, 3.63) is 59.7 Å². The molecule has 0 aliphatic heterocycles. The van der Waals surface area contributed by atoms with Crippen LogP contribution in [0.15, 0.2) is 48.5 Å². The number of phenolic OH excluding ortho intramolecular Hbond substituents is 1. The van der Waals surface area contributed by atoms with Gasteiger partial charge in [-0.15, -0.1) is 0 Å². The fourth-order valence-electron chi connectivity index (χ4n) is 2.01. The highest BCUT2D eigenvalue weighted by atomic mass is 32.2. The van der Waals surface area contributed by atoms with Gasteiger partial charge < -0.3 is 10.8 Å². The Kier molecular flexibility index (Phi) is 4.50. The minimum Gasteiger partial charge on any atom is -0.508 e. The van der Waals surface area contributed by atoms with E-state index in [2.05, 4.69) is 0 Å². The van der Waals surface area contributed by atoms with E-state index >= 15 is 0 Å². The molecule has 0 fully saturated rings. The molecule has 6 heteroatoms. The van der Waals surface area contributed by atoms with Crippen molar-refractivity contribution in [1.82, 2.24) is 4.31 Å². The second-order valence-corrected chi connectivity index (χ2v) is 7.00. The molecule has 5 nitrogen and oxygen atoms in total. The van der Waals surface area contributed by atoms with Gasteiger partial charge in [-0.3, -0.25) is 0 Å². The van der Waals surface area contributed by atoms with Gasteiger partial charge in [0.2, 0.25) is 10.0 Å². The van der Waals surface area contributed by atoms with Crippen molar-refractivity contribution in [2.45, 2.75) is 12.3 Å². The van der Waals surface area contributed by atoms with Crippen LogP contribution in [0.1, 0.15) is 11.1 Å². The average Bonchev–Trinajstić information content (AvgIpc) is 2.38. The summed E-state index contributed by atoms with van der Waals surface area (Å²) in [5.74, 6) is 0.0158. The fraction of sp³-hybridized carbons (Fsp3) is 0.200. The molecule has 0 aliphatic rings. The molecule has 112 valence electrons. The third-order valence-electron chi connectivity index (χ3n) is 3.09. The van der Waals surface area contributed by atoms with E-state index in [1.807, 2.05) is 0 Å². The molecule has 0 saturated carbocycles.